The maximum Gasteiger partial charge on any atom is 0.343 e. The molecule has 4 rings (SSSR count). The van der Waals surface area contributed by atoms with Crippen LogP contribution in [-0.4, -0.2) is 53.7 Å². The Kier molecular flexibility index (Phi) is 13.2. The highest BCUT2D eigenvalue weighted by molar-refractivity contribution is 6.30. The highest BCUT2D eigenvalue weighted by atomic mass is 16.5. The third-order valence-electron chi connectivity index (χ3n) is 8.32. The van der Waals surface area contributed by atoms with Gasteiger partial charge >= 0.3 is 18.0 Å². The predicted molar refractivity (Wildman–Crippen MR) is 184 cm³/mol. The van der Waals surface area contributed by atoms with Gasteiger partial charge in [-0.25, -0.2) is 9.59 Å². The van der Waals surface area contributed by atoms with Gasteiger partial charge in [-0.3, -0.25) is 24.2 Å². The Bertz CT molecular complexity index is 1580. The molecule has 0 N–H and O–H groups in total. The average Bonchev–Trinajstić information content (AvgIpc) is 3.10. The number of barbiturate groups is 1. The van der Waals surface area contributed by atoms with Crippen molar-refractivity contribution < 1.29 is 33.4 Å². The summed E-state index contributed by atoms with van der Waals surface area (Å²) < 4.78 is 11.0. The van der Waals surface area contributed by atoms with E-state index in [0.717, 1.165) is 40.2 Å². The summed E-state index contributed by atoms with van der Waals surface area (Å²) in [6.07, 6.45) is 14.0. The van der Waals surface area contributed by atoms with Crippen LogP contribution in [0.3, 0.4) is 0 Å². The second-order valence-electron chi connectivity index (χ2n) is 12.0. The summed E-state index contributed by atoms with van der Waals surface area (Å²) in [6, 6.07) is 19.9. The topological polar surface area (TPSA) is 110 Å². The minimum Gasteiger partial charge on any atom is -0.427 e. The van der Waals surface area contributed by atoms with Crippen LogP contribution < -0.4 is 9.47 Å². The van der Waals surface area contributed by atoms with Crippen LogP contribution in [0.15, 0.2) is 78.4 Å². The molecule has 0 radical (unpaired) electrons. The first-order valence-electron chi connectivity index (χ1n) is 16.7. The SMILES string of the molecule is CCCCCCCCCCCCC(=O)Oc1ccc(-c2ccc(C(=O)Oc3ccc(C=C4C(=O)N(C)C(=O)N(C)C4=O)cc3)cc2)cc1. The summed E-state index contributed by atoms with van der Waals surface area (Å²) in [5, 5.41) is 0. The van der Waals surface area contributed by atoms with Gasteiger partial charge in [0.1, 0.15) is 17.1 Å². The van der Waals surface area contributed by atoms with E-state index in [1.165, 1.54) is 65.1 Å². The van der Waals surface area contributed by atoms with E-state index in [1.807, 2.05) is 24.3 Å². The fourth-order valence-electron chi connectivity index (χ4n) is 5.39. The van der Waals surface area contributed by atoms with Crippen molar-refractivity contribution in [2.24, 2.45) is 0 Å². The van der Waals surface area contributed by atoms with Crippen LogP contribution in [0.5, 0.6) is 11.5 Å². The van der Waals surface area contributed by atoms with E-state index in [9.17, 15) is 24.0 Å². The summed E-state index contributed by atoms with van der Waals surface area (Å²) in [5.41, 5.74) is 2.54. The Balaban J connectivity index is 1.22. The standard InChI is InChI=1S/C39H44N2O7/c1-4-5-6-7-8-9-10-11-12-13-14-35(42)47-32-25-21-30(22-26-32)29-17-19-31(20-18-29)38(45)48-33-23-15-28(16-24-33)27-34-36(43)40(2)39(46)41(3)37(34)44/h15-27H,4-14H2,1-3H3. The number of benzene rings is 3. The van der Waals surface area contributed by atoms with Crippen LogP contribution >= 0.6 is 0 Å². The molecule has 0 unspecified atom stereocenters. The zero-order valence-electron chi connectivity index (χ0n) is 28.0. The number of rotatable bonds is 16. The van der Waals surface area contributed by atoms with E-state index >= 15 is 0 Å². The number of carbonyl (C=O) groups excluding carboxylic acids is 5. The average molecular weight is 653 g/mol. The Labute approximate surface area is 282 Å². The quantitative estimate of drug-likeness (QED) is 0.0504. The number of unbranched alkanes of at least 4 members (excludes halogenated alkanes) is 9. The molecule has 1 saturated heterocycles. The second-order valence-corrected chi connectivity index (χ2v) is 12.0. The van der Waals surface area contributed by atoms with Crippen LogP contribution in [0, 0.1) is 0 Å². The van der Waals surface area contributed by atoms with Gasteiger partial charge < -0.3 is 9.47 Å². The van der Waals surface area contributed by atoms with E-state index in [-0.39, 0.29) is 17.3 Å². The number of hydrogen-bond donors (Lipinski definition) is 0. The van der Waals surface area contributed by atoms with E-state index in [0.29, 0.717) is 23.3 Å². The summed E-state index contributed by atoms with van der Waals surface area (Å²) >= 11 is 0. The monoisotopic (exact) mass is 652 g/mol. The smallest absolute Gasteiger partial charge is 0.343 e. The third kappa shape index (κ3) is 9.97. The van der Waals surface area contributed by atoms with Crippen LogP contribution in [0.4, 0.5) is 4.79 Å². The Morgan fingerprint density at radius 3 is 1.60 bits per heavy atom. The van der Waals surface area contributed by atoms with Crippen molar-refractivity contribution in [1.29, 1.82) is 0 Å². The maximum absolute atomic E-state index is 12.8. The lowest BCUT2D eigenvalue weighted by atomic mass is 10.0. The molecule has 4 amide bonds. The highest BCUT2D eigenvalue weighted by Gasteiger charge is 2.37. The van der Waals surface area contributed by atoms with Crippen molar-refractivity contribution in [2.75, 3.05) is 14.1 Å². The first-order valence-corrected chi connectivity index (χ1v) is 16.7. The van der Waals surface area contributed by atoms with Crippen molar-refractivity contribution in [3.63, 3.8) is 0 Å². The largest absolute Gasteiger partial charge is 0.427 e. The molecule has 0 bridgehead atoms. The maximum atomic E-state index is 12.8. The molecule has 0 aliphatic carbocycles. The van der Waals surface area contributed by atoms with Crippen molar-refractivity contribution in [1.82, 2.24) is 9.80 Å². The molecular weight excluding hydrogens is 608 g/mol. The third-order valence-corrected chi connectivity index (χ3v) is 8.32. The van der Waals surface area contributed by atoms with E-state index in [2.05, 4.69) is 6.92 Å². The lowest BCUT2D eigenvalue weighted by molar-refractivity contribution is -0.135. The number of ether oxygens (including phenoxy) is 2. The van der Waals surface area contributed by atoms with Gasteiger partial charge in [-0.15, -0.1) is 0 Å². The van der Waals surface area contributed by atoms with Crippen LogP contribution in [0.1, 0.15) is 93.5 Å². The van der Waals surface area contributed by atoms with Gasteiger partial charge in [0.15, 0.2) is 0 Å². The van der Waals surface area contributed by atoms with Crippen molar-refractivity contribution in [3.8, 4) is 22.6 Å². The minimum absolute atomic E-state index is 0.139. The van der Waals surface area contributed by atoms with E-state index < -0.39 is 23.8 Å². The number of carbonyl (C=O) groups is 5. The van der Waals surface area contributed by atoms with Crippen molar-refractivity contribution in [2.45, 2.75) is 77.6 Å². The minimum atomic E-state index is -0.692. The summed E-state index contributed by atoms with van der Waals surface area (Å²) in [6.45, 7) is 2.23. The lowest BCUT2D eigenvalue weighted by Gasteiger charge is -2.28. The molecule has 9 heteroatoms. The zero-order valence-corrected chi connectivity index (χ0v) is 28.0. The van der Waals surface area contributed by atoms with Gasteiger partial charge in [0.25, 0.3) is 11.8 Å². The Hall–Kier alpha value is -5.05. The summed E-state index contributed by atoms with van der Waals surface area (Å²) in [5.74, 6) is -1.34. The molecular formula is C39H44N2O7. The molecule has 0 aromatic heterocycles. The molecule has 1 heterocycles. The Morgan fingerprint density at radius 2 is 1.06 bits per heavy atom. The summed E-state index contributed by atoms with van der Waals surface area (Å²) in [7, 11) is 2.62. The fourth-order valence-corrected chi connectivity index (χ4v) is 5.39. The molecule has 0 spiro atoms. The van der Waals surface area contributed by atoms with Gasteiger partial charge in [0.05, 0.1) is 5.56 Å². The van der Waals surface area contributed by atoms with Crippen LogP contribution in [0.25, 0.3) is 17.2 Å². The molecule has 1 aliphatic rings. The molecule has 0 atom stereocenters. The summed E-state index contributed by atoms with van der Waals surface area (Å²) in [4.78, 5) is 63.6. The molecule has 1 aliphatic heterocycles. The van der Waals surface area contributed by atoms with Crippen molar-refractivity contribution in [3.05, 3.63) is 89.5 Å². The number of nitrogens with zero attached hydrogens (tertiary/aromatic N) is 2. The normalized spacial score (nSPS) is 13.1. The fraction of sp³-hybridized carbons (Fsp3) is 0.359. The second kappa shape index (κ2) is 17.8. The number of esters is 2. The number of imide groups is 2. The highest BCUT2D eigenvalue weighted by Crippen LogP contribution is 2.25. The molecule has 3 aromatic carbocycles. The van der Waals surface area contributed by atoms with Gasteiger partial charge in [-0.1, -0.05) is 101 Å². The number of amides is 4. The molecule has 1 fully saturated rings. The zero-order chi connectivity index (χ0) is 34.5. The Morgan fingerprint density at radius 1 is 0.604 bits per heavy atom. The van der Waals surface area contributed by atoms with Crippen LogP contribution in [-0.2, 0) is 14.4 Å². The molecule has 0 saturated carbocycles. The van der Waals surface area contributed by atoms with Gasteiger partial charge in [0.2, 0.25) is 0 Å². The van der Waals surface area contributed by atoms with Gasteiger partial charge in [0, 0.05) is 20.5 Å². The van der Waals surface area contributed by atoms with Gasteiger partial charge in [-0.2, -0.15) is 0 Å². The number of urea groups is 1. The lowest BCUT2D eigenvalue weighted by Crippen LogP contribution is -2.52. The molecule has 9 nitrogen and oxygen atoms in total. The number of hydrogen-bond acceptors (Lipinski definition) is 7. The van der Waals surface area contributed by atoms with Gasteiger partial charge in [-0.05, 0) is 65.6 Å². The molecule has 48 heavy (non-hydrogen) atoms. The predicted octanol–water partition coefficient (Wildman–Crippen LogP) is 8.22. The van der Waals surface area contributed by atoms with E-state index in [1.54, 1.807) is 48.5 Å². The first-order chi connectivity index (χ1) is 23.2. The first kappa shape index (κ1) is 35.8. The molecule has 252 valence electrons. The van der Waals surface area contributed by atoms with E-state index in [4.69, 9.17) is 9.47 Å². The van der Waals surface area contributed by atoms with Crippen LogP contribution in [0.2, 0.25) is 0 Å². The number of likely N-dealkylation sites (N-methyl/N-ethyl adjacent to an activating group) is 2. The molecule has 3 aromatic rings. The van der Waals surface area contributed by atoms with Crippen molar-refractivity contribution >= 4 is 35.9 Å².